The number of nitrogens with zero attached hydrogens (tertiary/aromatic N) is 3. The van der Waals surface area contributed by atoms with Crippen molar-refractivity contribution >= 4 is 11.8 Å². The number of anilines is 1. The minimum atomic E-state index is -0.155. The van der Waals surface area contributed by atoms with E-state index in [1.807, 2.05) is 20.0 Å². The average Bonchev–Trinajstić information content (AvgIpc) is 2.94. The molecule has 6 nitrogen and oxygen atoms in total. The monoisotopic (exact) mass is 265 g/mol. The number of hydrogen-bond donors (Lipinski definition) is 2. The SMILES string of the molecule is CCN1CC[C@H](CNC(=O)Nc2cc(C)nn2C)C1. The average molecular weight is 265 g/mol. The maximum Gasteiger partial charge on any atom is 0.320 e. The van der Waals surface area contributed by atoms with Gasteiger partial charge < -0.3 is 10.2 Å². The smallest absolute Gasteiger partial charge is 0.320 e. The molecule has 2 rings (SSSR count). The molecule has 2 N–H and O–H groups in total. The highest BCUT2D eigenvalue weighted by molar-refractivity contribution is 5.88. The molecule has 1 fully saturated rings. The molecule has 1 saturated heterocycles. The van der Waals surface area contributed by atoms with Crippen LogP contribution in [0.4, 0.5) is 10.6 Å². The fourth-order valence-corrected chi connectivity index (χ4v) is 2.49. The Bertz CT molecular complexity index is 442. The summed E-state index contributed by atoms with van der Waals surface area (Å²) in [5.74, 6) is 1.29. The molecule has 1 atom stereocenters. The molecule has 2 amide bonds. The molecule has 1 aliphatic heterocycles. The minimum absolute atomic E-state index is 0.155. The summed E-state index contributed by atoms with van der Waals surface area (Å²) >= 11 is 0. The lowest BCUT2D eigenvalue weighted by Crippen LogP contribution is -2.34. The lowest BCUT2D eigenvalue weighted by Gasteiger charge is -2.14. The molecule has 0 aliphatic carbocycles. The maximum atomic E-state index is 11.8. The molecule has 2 heterocycles. The third kappa shape index (κ3) is 3.70. The molecule has 0 radical (unpaired) electrons. The van der Waals surface area contributed by atoms with E-state index in [0.29, 0.717) is 5.92 Å². The Morgan fingerprint density at radius 1 is 1.58 bits per heavy atom. The van der Waals surface area contributed by atoms with Crippen LogP contribution in [0.5, 0.6) is 0 Å². The molecule has 6 heteroatoms. The number of rotatable bonds is 4. The van der Waals surface area contributed by atoms with Crippen molar-refractivity contribution in [2.24, 2.45) is 13.0 Å². The number of carbonyl (C=O) groups is 1. The summed E-state index contributed by atoms with van der Waals surface area (Å²) in [6.07, 6.45) is 1.17. The van der Waals surface area contributed by atoms with Crippen molar-refractivity contribution in [1.29, 1.82) is 0 Å². The zero-order valence-corrected chi connectivity index (χ0v) is 11.9. The number of carbonyl (C=O) groups excluding carboxylic acids is 1. The Balaban J connectivity index is 1.75. The van der Waals surface area contributed by atoms with Gasteiger partial charge in [0.1, 0.15) is 5.82 Å². The lowest BCUT2D eigenvalue weighted by atomic mass is 10.1. The van der Waals surface area contributed by atoms with Gasteiger partial charge in [-0.2, -0.15) is 5.10 Å². The molecule has 0 unspecified atom stereocenters. The van der Waals surface area contributed by atoms with Crippen molar-refractivity contribution in [2.45, 2.75) is 20.3 Å². The summed E-state index contributed by atoms with van der Waals surface area (Å²) in [7, 11) is 1.82. The number of aryl methyl sites for hydroxylation is 2. The molecule has 0 saturated carbocycles. The third-order valence-electron chi connectivity index (χ3n) is 3.61. The Labute approximate surface area is 114 Å². The van der Waals surface area contributed by atoms with E-state index < -0.39 is 0 Å². The first-order valence-electron chi connectivity index (χ1n) is 6.86. The van der Waals surface area contributed by atoms with Gasteiger partial charge >= 0.3 is 6.03 Å². The van der Waals surface area contributed by atoms with Gasteiger partial charge in [0.05, 0.1) is 5.69 Å². The molecular weight excluding hydrogens is 242 g/mol. The van der Waals surface area contributed by atoms with Crippen LogP contribution in [0.15, 0.2) is 6.07 Å². The largest absolute Gasteiger partial charge is 0.338 e. The minimum Gasteiger partial charge on any atom is -0.338 e. The summed E-state index contributed by atoms with van der Waals surface area (Å²) in [6.45, 7) is 8.14. The van der Waals surface area contributed by atoms with Crippen molar-refractivity contribution < 1.29 is 4.79 Å². The Hall–Kier alpha value is -1.56. The fourth-order valence-electron chi connectivity index (χ4n) is 2.49. The van der Waals surface area contributed by atoms with E-state index >= 15 is 0 Å². The van der Waals surface area contributed by atoms with E-state index in [0.717, 1.165) is 37.7 Å². The summed E-state index contributed by atoms with van der Waals surface area (Å²) < 4.78 is 1.67. The first kappa shape index (κ1) is 13.9. The van der Waals surface area contributed by atoms with E-state index in [1.54, 1.807) is 4.68 Å². The van der Waals surface area contributed by atoms with Gasteiger partial charge in [0.2, 0.25) is 0 Å². The van der Waals surface area contributed by atoms with Crippen LogP contribution in [0, 0.1) is 12.8 Å². The van der Waals surface area contributed by atoms with Crippen LogP contribution < -0.4 is 10.6 Å². The quantitative estimate of drug-likeness (QED) is 0.859. The summed E-state index contributed by atoms with van der Waals surface area (Å²) in [5.41, 5.74) is 0.896. The second-order valence-corrected chi connectivity index (χ2v) is 5.18. The number of likely N-dealkylation sites (tertiary alicyclic amines) is 1. The molecule has 0 aromatic carbocycles. The van der Waals surface area contributed by atoms with E-state index in [4.69, 9.17) is 0 Å². The molecule has 1 aliphatic rings. The van der Waals surface area contributed by atoms with Gasteiger partial charge in [0.25, 0.3) is 0 Å². The van der Waals surface area contributed by atoms with Gasteiger partial charge in [-0.15, -0.1) is 0 Å². The molecule has 1 aromatic heterocycles. The number of aromatic nitrogens is 2. The topological polar surface area (TPSA) is 62.2 Å². The molecule has 19 heavy (non-hydrogen) atoms. The van der Waals surface area contributed by atoms with Crippen LogP contribution in [0.2, 0.25) is 0 Å². The van der Waals surface area contributed by atoms with Gasteiger partial charge in [0.15, 0.2) is 0 Å². The maximum absolute atomic E-state index is 11.8. The van der Waals surface area contributed by atoms with Crippen LogP contribution in [0.3, 0.4) is 0 Å². The first-order valence-corrected chi connectivity index (χ1v) is 6.86. The van der Waals surface area contributed by atoms with Crippen molar-refractivity contribution in [3.8, 4) is 0 Å². The summed E-state index contributed by atoms with van der Waals surface area (Å²) in [4.78, 5) is 14.2. The van der Waals surface area contributed by atoms with Gasteiger partial charge in [0, 0.05) is 26.2 Å². The lowest BCUT2D eigenvalue weighted by molar-refractivity contribution is 0.249. The molecule has 0 bridgehead atoms. The second kappa shape index (κ2) is 6.06. The molecule has 106 valence electrons. The highest BCUT2D eigenvalue weighted by atomic mass is 16.2. The van der Waals surface area contributed by atoms with Crippen LogP contribution >= 0.6 is 0 Å². The number of urea groups is 1. The van der Waals surface area contributed by atoms with E-state index in [9.17, 15) is 4.79 Å². The Morgan fingerprint density at radius 2 is 2.37 bits per heavy atom. The summed E-state index contributed by atoms with van der Waals surface area (Å²) in [6, 6.07) is 1.70. The second-order valence-electron chi connectivity index (χ2n) is 5.18. The summed E-state index contributed by atoms with van der Waals surface area (Å²) in [5, 5.41) is 9.94. The molecule has 1 aromatic rings. The van der Waals surface area contributed by atoms with Crippen LogP contribution in [0.25, 0.3) is 0 Å². The van der Waals surface area contributed by atoms with Crippen LogP contribution in [-0.4, -0.2) is 46.9 Å². The van der Waals surface area contributed by atoms with Crippen molar-refractivity contribution in [2.75, 3.05) is 31.5 Å². The van der Waals surface area contributed by atoms with Crippen LogP contribution in [-0.2, 0) is 7.05 Å². The van der Waals surface area contributed by atoms with E-state index in [1.165, 1.54) is 6.42 Å². The highest BCUT2D eigenvalue weighted by Crippen LogP contribution is 2.14. The van der Waals surface area contributed by atoms with Crippen molar-refractivity contribution in [3.63, 3.8) is 0 Å². The first-order chi connectivity index (χ1) is 9.08. The predicted octanol–water partition coefficient (Wildman–Crippen LogP) is 1.19. The normalized spacial score (nSPS) is 19.6. The van der Waals surface area contributed by atoms with Gasteiger partial charge in [-0.25, -0.2) is 4.79 Å². The van der Waals surface area contributed by atoms with Gasteiger partial charge in [-0.3, -0.25) is 10.00 Å². The predicted molar refractivity (Wildman–Crippen MR) is 75.2 cm³/mol. The number of amides is 2. The Morgan fingerprint density at radius 3 is 2.95 bits per heavy atom. The Kier molecular flexibility index (Phi) is 4.42. The number of hydrogen-bond acceptors (Lipinski definition) is 3. The van der Waals surface area contributed by atoms with E-state index in [2.05, 4.69) is 27.6 Å². The van der Waals surface area contributed by atoms with Crippen molar-refractivity contribution in [3.05, 3.63) is 11.8 Å². The molecular formula is C13H23N5O. The van der Waals surface area contributed by atoms with Gasteiger partial charge in [-0.1, -0.05) is 6.92 Å². The zero-order chi connectivity index (χ0) is 13.8. The van der Waals surface area contributed by atoms with E-state index in [-0.39, 0.29) is 6.03 Å². The zero-order valence-electron chi connectivity index (χ0n) is 11.9. The van der Waals surface area contributed by atoms with Crippen molar-refractivity contribution in [1.82, 2.24) is 20.0 Å². The van der Waals surface area contributed by atoms with Gasteiger partial charge in [-0.05, 0) is 32.4 Å². The third-order valence-corrected chi connectivity index (χ3v) is 3.61. The molecule has 0 spiro atoms. The fraction of sp³-hybridized carbons (Fsp3) is 0.692. The van der Waals surface area contributed by atoms with Crippen LogP contribution in [0.1, 0.15) is 19.0 Å². The highest BCUT2D eigenvalue weighted by Gasteiger charge is 2.21. The number of nitrogens with one attached hydrogen (secondary N) is 2. The standard InChI is InChI=1S/C13H23N5O/c1-4-18-6-5-11(9-18)8-14-13(19)15-12-7-10(2)16-17(12)3/h7,11H,4-6,8-9H2,1-3H3,(H2,14,15,19)/t11-/m1/s1.